The zero-order valence-electron chi connectivity index (χ0n) is 10.9. The van der Waals surface area contributed by atoms with Crippen LogP contribution in [0.2, 0.25) is 0 Å². The zero-order chi connectivity index (χ0) is 13.2. The fourth-order valence-corrected chi connectivity index (χ4v) is 3.51. The maximum absolute atomic E-state index is 8.89. The number of piperidine rings is 1. The molecule has 6 heteroatoms. The molecule has 3 rings (SSSR count). The molecule has 102 valence electrons. The number of hydrogen-bond donors (Lipinski definition) is 2. The second-order valence-corrected chi connectivity index (χ2v) is 5.35. The summed E-state index contributed by atoms with van der Waals surface area (Å²) in [4.78, 5) is 2.31. The maximum atomic E-state index is 8.89. The van der Waals surface area contributed by atoms with Gasteiger partial charge in [0.05, 0.1) is 11.8 Å². The van der Waals surface area contributed by atoms with Crippen molar-refractivity contribution in [2.24, 2.45) is 16.8 Å². The number of nitrogens with two attached hydrogens (primary N) is 1. The van der Waals surface area contributed by atoms with E-state index in [0.29, 0.717) is 11.6 Å². The van der Waals surface area contributed by atoms with Crippen molar-refractivity contribution in [3.8, 4) is 0 Å². The van der Waals surface area contributed by atoms with Gasteiger partial charge in [0.15, 0.2) is 11.7 Å². The number of anilines is 1. The van der Waals surface area contributed by atoms with E-state index in [4.69, 9.17) is 10.9 Å². The quantitative estimate of drug-likeness (QED) is 0.363. The highest BCUT2D eigenvalue weighted by Gasteiger charge is 2.36. The van der Waals surface area contributed by atoms with Gasteiger partial charge in [-0.25, -0.2) is 0 Å². The Morgan fingerprint density at radius 3 is 3.05 bits per heavy atom. The van der Waals surface area contributed by atoms with Crippen molar-refractivity contribution in [2.45, 2.75) is 38.1 Å². The van der Waals surface area contributed by atoms with Crippen molar-refractivity contribution in [1.29, 1.82) is 0 Å². The minimum atomic E-state index is 0.102. The minimum Gasteiger partial charge on any atom is -0.409 e. The summed E-state index contributed by atoms with van der Waals surface area (Å²) in [7, 11) is 0. The molecule has 2 heterocycles. The molecule has 0 radical (unpaired) electrons. The molecule has 2 fully saturated rings. The van der Waals surface area contributed by atoms with Crippen molar-refractivity contribution in [3.63, 3.8) is 0 Å². The Labute approximate surface area is 112 Å². The van der Waals surface area contributed by atoms with Crippen LogP contribution in [0.15, 0.2) is 17.4 Å². The van der Waals surface area contributed by atoms with Gasteiger partial charge >= 0.3 is 0 Å². The Hall–Kier alpha value is -1.85. The van der Waals surface area contributed by atoms with Crippen LogP contribution in [0.1, 0.15) is 37.7 Å². The van der Waals surface area contributed by atoms with Crippen LogP contribution >= 0.6 is 0 Å². The van der Waals surface area contributed by atoms with Gasteiger partial charge in [0, 0.05) is 12.6 Å². The molecule has 0 amide bonds. The second-order valence-electron chi connectivity index (χ2n) is 5.35. The third-order valence-corrected chi connectivity index (χ3v) is 4.35. The highest BCUT2D eigenvalue weighted by molar-refractivity contribution is 6.01. The van der Waals surface area contributed by atoms with Gasteiger partial charge in [-0.1, -0.05) is 11.6 Å². The fourth-order valence-electron chi connectivity index (χ4n) is 3.51. The van der Waals surface area contributed by atoms with Crippen LogP contribution in [0, 0.1) is 5.92 Å². The first-order chi connectivity index (χ1) is 9.31. The van der Waals surface area contributed by atoms with E-state index >= 15 is 0 Å². The summed E-state index contributed by atoms with van der Waals surface area (Å²) in [6.07, 6.45) is 7.85. The van der Waals surface area contributed by atoms with E-state index in [1.54, 1.807) is 12.3 Å². The van der Waals surface area contributed by atoms with Gasteiger partial charge in [-0.15, -0.1) is 5.10 Å². The highest BCUT2D eigenvalue weighted by atomic mass is 16.4. The Bertz CT molecular complexity index is 490. The van der Waals surface area contributed by atoms with Crippen LogP contribution in [0.3, 0.4) is 0 Å². The van der Waals surface area contributed by atoms with E-state index in [1.165, 1.54) is 32.1 Å². The van der Waals surface area contributed by atoms with E-state index in [-0.39, 0.29) is 5.84 Å². The molecule has 3 N–H and O–H groups in total. The van der Waals surface area contributed by atoms with Gasteiger partial charge in [0.1, 0.15) is 0 Å². The van der Waals surface area contributed by atoms with Gasteiger partial charge in [-0.05, 0) is 37.7 Å². The highest BCUT2D eigenvalue weighted by Crippen LogP contribution is 2.39. The molecule has 0 spiro atoms. The summed E-state index contributed by atoms with van der Waals surface area (Å²) in [6.45, 7) is 0.978. The third kappa shape index (κ3) is 2.11. The molecular weight excluding hydrogens is 242 g/mol. The molecule has 1 aliphatic carbocycles. The number of fused-ring (bicyclic) bond motifs is 1. The van der Waals surface area contributed by atoms with Gasteiger partial charge in [-0.3, -0.25) is 0 Å². The molecular formula is C13H19N5O. The molecule has 1 aromatic heterocycles. The molecule has 19 heavy (non-hydrogen) atoms. The average molecular weight is 261 g/mol. The molecule has 1 aromatic rings. The van der Waals surface area contributed by atoms with Crippen LogP contribution in [-0.4, -0.2) is 33.8 Å². The summed E-state index contributed by atoms with van der Waals surface area (Å²) >= 11 is 0. The van der Waals surface area contributed by atoms with Crippen LogP contribution in [0.5, 0.6) is 0 Å². The van der Waals surface area contributed by atoms with Crippen molar-refractivity contribution >= 4 is 11.7 Å². The summed E-state index contributed by atoms with van der Waals surface area (Å²) in [6, 6.07) is 2.30. The lowest BCUT2D eigenvalue weighted by molar-refractivity contribution is 0.318. The van der Waals surface area contributed by atoms with Crippen LogP contribution in [0.25, 0.3) is 0 Å². The lowest BCUT2D eigenvalue weighted by Gasteiger charge is -2.39. The first-order valence-electron chi connectivity index (χ1n) is 6.87. The standard InChI is InChI=1S/C13H19N5O/c14-12(17-19)10-6-7-15-16-13(10)18-8-2-4-9-3-1-5-11(9)18/h6-7,9,11,19H,1-5,8H2,(H2,14,17). The number of aromatic nitrogens is 2. The van der Waals surface area contributed by atoms with Crippen molar-refractivity contribution < 1.29 is 5.21 Å². The molecule has 1 saturated heterocycles. The van der Waals surface area contributed by atoms with Gasteiger partial charge < -0.3 is 15.8 Å². The largest absolute Gasteiger partial charge is 0.409 e. The van der Waals surface area contributed by atoms with E-state index in [0.717, 1.165) is 18.3 Å². The van der Waals surface area contributed by atoms with Gasteiger partial charge in [0.25, 0.3) is 0 Å². The number of nitrogens with zero attached hydrogens (tertiary/aromatic N) is 4. The summed E-state index contributed by atoms with van der Waals surface area (Å²) in [5.41, 5.74) is 6.42. The minimum absolute atomic E-state index is 0.102. The molecule has 2 atom stereocenters. The topological polar surface area (TPSA) is 87.6 Å². The van der Waals surface area contributed by atoms with Crippen molar-refractivity contribution in [1.82, 2.24) is 10.2 Å². The maximum Gasteiger partial charge on any atom is 0.173 e. The van der Waals surface area contributed by atoms with Crippen LogP contribution in [-0.2, 0) is 0 Å². The summed E-state index contributed by atoms with van der Waals surface area (Å²) in [5.74, 6) is 1.62. The van der Waals surface area contributed by atoms with E-state index in [2.05, 4.69) is 20.3 Å². The Morgan fingerprint density at radius 2 is 2.21 bits per heavy atom. The van der Waals surface area contributed by atoms with Gasteiger partial charge in [-0.2, -0.15) is 5.10 Å². The molecule has 1 saturated carbocycles. The smallest absolute Gasteiger partial charge is 0.173 e. The number of oxime groups is 1. The number of rotatable bonds is 2. The summed E-state index contributed by atoms with van der Waals surface area (Å²) < 4.78 is 0. The van der Waals surface area contributed by atoms with E-state index < -0.39 is 0 Å². The summed E-state index contributed by atoms with van der Waals surface area (Å²) in [5, 5.41) is 20.2. The normalized spacial score (nSPS) is 27.4. The third-order valence-electron chi connectivity index (χ3n) is 4.35. The second kappa shape index (κ2) is 5.03. The first kappa shape index (κ1) is 12.2. The Balaban J connectivity index is 1.97. The molecule has 1 aliphatic heterocycles. The molecule has 0 bridgehead atoms. The number of hydrogen-bond acceptors (Lipinski definition) is 5. The molecule has 2 aliphatic rings. The molecule has 2 unspecified atom stereocenters. The van der Waals surface area contributed by atoms with Crippen LogP contribution in [0.4, 0.5) is 5.82 Å². The lowest BCUT2D eigenvalue weighted by atomic mass is 9.91. The number of amidine groups is 1. The predicted octanol–water partition coefficient (Wildman–Crippen LogP) is 1.34. The Kier molecular flexibility index (Phi) is 3.23. The molecule has 0 aromatic carbocycles. The zero-order valence-corrected chi connectivity index (χ0v) is 10.9. The van der Waals surface area contributed by atoms with Crippen LogP contribution < -0.4 is 10.6 Å². The monoisotopic (exact) mass is 261 g/mol. The van der Waals surface area contributed by atoms with E-state index in [9.17, 15) is 0 Å². The fraction of sp³-hybridized carbons (Fsp3) is 0.615. The van der Waals surface area contributed by atoms with Gasteiger partial charge in [0.2, 0.25) is 0 Å². The lowest BCUT2D eigenvalue weighted by Crippen LogP contribution is -2.44. The Morgan fingerprint density at radius 1 is 1.37 bits per heavy atom. The molecule has 6 nitrogen and oxygen atoms in total. The average Bonchev–Trinajstić information content (AvgIpc) is 2.94. The van der Waals surface area contributed by atoms with Crippen molar-refractivity contribution in [2.75, 3.05) is 11.4 Å². The first-order valence-corrected chi connectivity index (χ1v) is 6.87. The van der Waals surface area contributed by atoms with Crippen molar-refractivity contribution in [3.05, 3.63) is 17.8 Å². The SMILES string of the molecule is N/C(=N/O)c1ccnnc1N1CCCC2CCCC21. The van der Waals surface area contributed by atoms with E-state index in [1.807, 2.05) is 0 Å². The predicted molar refractivity (Wildman–Crippen MR) is 72.3 cm³/mol.